The molecule has 0 aromatic carbocycles. The fourth-order valence-corrected chi connectivity index (χ4v) is 2.24. The normalized spacial score (nSPS) is 25.7. The first-order chi connectivity index (χ1) is 9.61. The smallest absolute Gasteiger partial charge is 0.191 e. The number of hydrogen-bond acceptors (Lipinski definition) is 4. The quantitative estimate of drug-likeness (QED) is 0.387. The Morgan fingerprint density at radius 2 is 2.19 bits per heavy atom. The van der Waals surface area contributed by atoms with Crippen molar-refractivity contribution < 1.29 is 14.2 Å². The second kappa shape index (κ2) is 9.12. The van der Waals surface area contributed by atoms with Gasteiger partial charge in [0.1, 0.15) is 0 Å². The summed E-state index contributed by atoms with van der Waals surface area (Å²) in [5.74, 6) is 0.817. The third-order valence-corrected chi connectivity index (χ3v) is 3.66. The number of guanidine groups is 1. The van der Waals surface area contributed by atoms with Crippen molar-refractivity contribution in [1.29, 1.82) is 0 Å². The summed E-state index contributed by atoms with van der Waals surface area (Å²) >= 11 is 0. The molecule has 6 nitrogen and oxygen atoms in total. The monoisotopic (exact) mass is 413 g/mol. The summed E-state index contributed by atoms with van der Waals surface area (Å²) < 4.78 is 16.3. The van der Waals surface area contributed by atoms with E-state index in [0.29, 0.717) is 6.61 Å². The number of halogens is 1. The molecule has 2 fully saturated rings. The molecule has 2 saturated heterocycles. The van der Waals surface area contributed by atoms with E-state index in [4.69, 9.17) is 14.2 Å². The maximum Gasteiger partial charge on any atom is 0.191 e. The highest BCUT2D eigenvalue weighted by molar-refractivity contribution is 14.0. The molecule has 0 aliphatic carbocycles. The Labute approximate surface area is 144 Å². The van der Waals surface area contributed by atoms with Crippen LogP contribution in [0.1, 0.15) is 20.3 Å². The Balaban J connectivity index is 0.00000220. The first-order valence-corrected chi connectivity index (χ1v) is 7.35. The maximum absolute atomic E-state index is 5.80. The second-order valence-corrected chi connectivity index (χ2v) is 6.09. The molecule has 124 valence electrons. The molecule has 2 unspecified atom stereocenters. The average molecular weight is 413 g/mol. The molecule has 7 heteroatoms. The topological polar surface area (TPSA) is 64.1 Å². The molecule has 0 saturated carbocycles. The number of ether oxygens (including phenoxy) is 3. The van der Waals surface area contributed by atoms with Gasteiger partial charge in [-0.05, 0) is 13.3 Å². The van der Waals surface area contributed by atoms with Crippen LogP contribution >= 0.6 is 24.0 Å². The third-order valence-electron chi connectivity index (χ3n) is 3.66. The number of nitrogens with one attached hydrogen (secondary N) is 2. The summed E-state index contributed by atoms with van der Waals surface area (Å²) in [7, 11) is 1.79. The minimum absolute atomic E-state index is 0. The van der Waals surface area contributed by atoms with Crippen molar-refractivity contribution in [3.8, 4) is 0 Å². The summed E-state index contributed by atoms with van der Waals surface area (Å²) in [6.07, 6.45) is 1.25. The van der Waals surface area contributed by atoms with Crippen molar-refractivity contribution in [2.45, 2.75) is 32.4 Å². The standard InChI is InChI=1S/C14H27N3O3.HI/c1-11(6-20-12-4-5-18-7-12)17-13(15-3)16-8-14(2)9-19-10-14;/h11-12H,4-10H2,1-3H3,(H2,15,16,17);1H. The summed E-state index contributed by atoms with van der Waals surface area (Å²) in [6.45, 7) is 9.01. The van der Waals surface area contributed by atoms with Gasteiger partial charge < -0.3 is 24.8 Å². The minimum Gasteiger partial charge on any atom is -0.380 e. The first-order valence-electron chi connectivity index (χ1n) is 7.35. The third kappa shape index (κ3) is 6.25. The highest BCUT2D eigenvalue weighted by Gasteiger charge is 2.33. The SMILES string of the molecule is CN=C(NCC1(C)COC1)NC(C)COC1CCOC1.I. The van der Waals surface area contributed by atoms with E-state index in [1.807, 2.05) is 0 Å². The average Bonchev–Trinajstić information content (AvgIpc) is 2.92. The highest BCUT2D eigenvalue weighted by atomic mass is 127. The van der Waals surface area contributed by atoms with E-state index < -0.39 is 0 Å². The zero-order valence-corrected chi connectivity index (χ0v) is 15.5. The highest BCUT2D eigenvalue weighted by Crippen LogP contribution is 2.24. The molecule has 0 amide bonds. The number of rotatable bonds is 6. The Bertz CT molecular complexity index is 331. The lowest BCUT2D eigenvalue weighted by atomic mass is 9.89. The van der Waals surface area contributed by atoms with E-state index >= 15 is 0 Å². The van der Waals surface area contributed by atoms with Crippen molar-refractivity contribution in [1.82, 2.24) is 10.6 Å². The van der Waals surface area contributed by atoms with Crippen LogP contribution < -0.4 is 10.6 Å². The fourth-order valence-electron chi connectivity index (χ4n) is 2.24. The van der Waals surface area contributed by atoms with Gasteiger partial charge in [0.05, 0.1) is 32.5 Å². The zero-order valence-electron chi connectivity index (χ0n) is 13.2. The molecule has 2 aliphatic rings. The molecule has 2 N–H and O–H groups in total. The minimum atomic E-state index is 0. The lowest BCUT2D eigenvalue weighted by Crippen LogP contribution is -2.52. The Morgan fingerprint density at radius 1 is 1.43 bits per heavy atom. The van der Waals surface area contributed by atoms with E-state index in [2.05, 4.69) is 29.5 Å². The van der Waals surface area contributed by atoms with Crippen LogP contribution in [0.5, 0.6) is 0 Å². The lowest BCUT2D eigenvalue weighted by Gasteiger charge is -2.38. The molecular formula is C14H28IN3O3. The van der Waals surface area contributed by atoms with Gasteiger partial charge in [0.15, 0.2) is 5.96 Å². The van der Waals surface area contributed by atoms with Gasteiger partial charge in [-0.2, -0.15) is 0 Å². The van der Waals surface area contributed by atoms with Gasteiger partial charge in [0.25, 0.3) is 0 Å². The van der Waals surface area contributed by atoms with E-state index in [1.54, 1.807) is 7.05 Å². The van der Waals surface area contributed by atoms with Crippen molar-refractivity contribution in [2.75, 3.05) is 46.6 Å². The Morgan fingerprint density at radius 3 is 2.71 bits per heavy atom. The van der Waals surface area contributed by atoms with Gasteiger partial charge >= 0.3 is 0 Å². The van der Waals surface area contributed by atoms with Crippen molar-refractivity contribution in [3.05, 3.63) is 0 Å². The van der Waals surface area contributed by atoms with Crippen LogP contribution in [0.15, 0.2) is 4.99 Å². The summed E-state index contributed by atoms with van der Waals surface area (Å²) in [4.78, 5) is 4.24. The molecule has 2 heterocycles. The predicted octanol–water partition coefficient (Wildman–Crippen LogP) is 1.000. The molecular weight excluding hydrogens is 385 g/mol. The van der Waals surface area contributed by atoms with Crippen LogP contribution in [0, 0.1) is 5.41 Å². The molecule has 2 aliphatic heterocycles. The van der Waals surface area contributed by atoms with Gasteiger partial charge in [0.2, 0.25) is 0 Å². The summed E-state index contributed by atoms with van der Waals surface area (Å²) in [5, 5.41) is 6.69. The number of nitrogens with zero attached hydrogens (tertiary/aromatic N) is 1. The lowest BCUT2D eigenvalue weighted by molar-refractivity contribution is -0.0971. The van der Waals surface area contributed by atoms with Gasteiger partial charge in [-0.3, -0.25) is 4.99 Å². The van der Waals surface area contributed by atoms with Crippen LogP contribution in [0.2, 0.25) is 0 Å². The van der Waals surface area contributed by atoms with Crippen molar-refractivity contribution in [3.63, 3.8) is 0 Å². The van der Waals surface area contributed by atoms with E-state index in [1.165, 1.54) is 0 Å². The number of aliphatic imine (C=N–C) groups is 1. The van der Waals surface area contributed by atoms with Gasteiger partial charge in [-0.25, -0.2) is 0 Å². The van der Waals surface area contributed by atoms with Crippen LogP contribution in [-0.4, -0.2) is 64.7 Å². The summed E-state index contributed by atoms with van der Waals surface area (Å²) in [5.41, 5.74) is 0.235. The maximum atomic E-state index is 5.80. The number of hydrogen-bond donors (Lipinski definition) is 2. The first kappa shape index (κ1) is 18.9. The molecule has 0 radical (unpaired) electrons. The second-order valence-electron chi connectivity index (χ2n) is 6.09. The van der Waals surface area contributed by atoms with Crippen molar-refractivity contribution in [2.24, 2.45) is 10.4 Å². The largest absolute Gasteiger partial charge is 0.380 e. The van der Waals surface area contributed by atoms with Gasteiger partial charge in [-0.15, -0.1) is 24.0 Å². The molecule has 2 atom stereocenters. The Hall–Kier alpha value is -0.120. The molecule has 0 spiro atoms. The predicted molar refractivity (Wildman–Crippen MR) is 93.5 cm³/mol. The Kier molecular flexibility index (Phi) is 8.22. The zero-order chi connectivity index (χ0) is 14.4. The van der Waals surface area contributed by atoms with E-state index in [9.17, 15) is 0 Å². The molecule has 2 rings (SSSR count). The molecule has 0 aromatic rings. The fraction of sp³-hybridized carbons (Fsp3) is 0.929. The van der Waals surface area contributed by atoms with Crippen LogP contribution in [0.4, 0.5) is 0 Å². The summed E-state index contributed by atoms with van der Waals surface area (Å²) in [6, 6.07) is 0.215. The molecule has 0 bridgehead atoms. The van der Waals surface area contributed by atoms with E-state index in [0.717, 1.165) is 45.4 Å². The van der Waals surface area contributed by atoms with Crippen molar-refractivity contribution >= 4 is 29.9 Å². The molecule has 0 aromatic heterocycles. The van der Waals surface area contributed by atoms with Crippen LogP contribution in [0.3, 0.4) is 0 Å². The van der Waals surface area contributed by atoms with Gasteiger partial charge in [-0.1, -0.05) is 6.92 Å². The molecule has 21 heavy (non-hydrogen) atoms. The van der Waals surface area contributed by atoms with Crippen LogP contribution in [0.25, 0.3) is 0 Å². The van der Waals surface area contributed by atoms with E-state index in [-0.39, 0.29) is 41.5 Å². The van der Waals surface area contributed by atoms with Crippen LogP contribution in [-0.2, 0) is 14.2 Å². The van der Waals surface area contributed by atoms with Gasteiger partial charge in [0, 0.05) is 31.7 Å².